The average Bonchev–Trinajstić information content (AvgIpc) is 2.85. The van der Waals surface area contributed by atoms with E-state index in [1.807, 2.05) is 20.0 Å². The molecule has 0 radical (unpaired) electrons. The predicted octanol–water partition coefficient (Wildman–Crippen LogP) is 6.42. The van der Waals surface area contributed by atoms with E-state index in [0.29, 0.717) is 23.1 Å². The number of pyridine rings is 1. The van der Waals surface area contributed by atoms with Crippen LogP contribution in [-0.4, -0.2) is 49.1 Å². The SMILES string of the molecule is C=CC(=C)N(CCNC)CC(C)c1cc(Cl)c2c(c1/N=C(/CC)N=C)C(C)Cc1c(C)cc(N)nc1-2. The number of nitrogens with one attached hydrogen (secondary N) is 1. The van der Waals surface area contributed by atoms with E-state index in [0.717, 1.165) is 65.4 Å². The van der Waals surface area contributed by atoms with Crippen LogP contribution in [0.4, 0.5) is 11.5 Å². The number of amidine groups is 1. The van der Waals surface area contributed by atoms with Gasteiger partial charge in [0.1, 0.15) is 11.7 Å². The lowest BCUT2D eigenvalue weighted by atomic mass is 9.77. The summed E-state index contributed by atoms with van der Waals surface area (Å²) in [6, 6.07) is 3.98. The normalized spacial score (nSPS) is 15.6. The van der Waals surface area contributed by atoms with Gasteiger partial charge < -0.3 is 16.0 Å². The third-order valence-electron chi connectivity index (χ3n) is 6.96. The molecule has 0 spiro atoms. The molecule has 1 heterocycles. The van der Waals surface area contributed by atoms with Crippen molar-refractivity contribution in [1.82, 2.24) is 15.2 Å². The Morgan fingerprint density at radius 3 is 2.75 bits per heavy atom. The molecule has 3 rings (SSSR count). The predicted molar refractivity (Wildman–Crippen MR) is 156 cm³/mol. The molecule has 0 saturated carbocycles. The van der Waals surface area contributed by atoms with Crippen LogP contribution >= 0.6 is 11.6 Å². The summed E-state index contributed by atoms with van der Waals surface area (Å²) >= 11 is 7.05. The molecule has 2 aromatic rings. The number of aromatic nitrogens is 1. The van der Waals surface area contributed by atoms with E-state index in [1.165, 1.54) is 5.56 Å². The van der Waals surface area contributed by atoms with Gasteiger partial charge in [0.15, 0.2) is 0 Å². The molecule has 1 aromatic heterocycles. The molecule has 0 aliphatic heterocycles. The number of halogens is 1. The quantitative estimate of drug-likeness (QED) is 0.221. The van der Waals surface area contributed by atoms with Crippen LogP contribution in [0.3, 0.4) is 0 Å². The monoisotopic (exact) mass is 506 g/mol. The van der Waals surface area contributed by atoms with Gasteiger partial charge in [-0.1, -0.05) is 45.5 Å². The molecule has 0 amide bonds. The summed E-state index contributed by atoms with van der Waals surface area (Å²) in [5.74, 6) is 1.51. The van der Waals surface area contributed by atoms with E-state index in [4.69, 9.17) is 27.3 Å². The maximum atomic E-state index is 7.05. The first-order valence-electron chi connectivity index (χ1n) is 12.5. The Balaban J connectivity index is 2.26. The van der Waals surface area contributed by atoms with E-state index in [1.54, 1.807) is 6.08 Å². The maximum Gasteiger partial charge on any atom is 0.127 e. The minimum atomic E-state index is 0.118. The number of hydrogen-bond donors (Lipinski definition) is 2. The Morgan fingerprint density at radius 1 is 1.42 bits per heavy atom. The molecule has 0 fully saturated rings. The third-order valence-corrected chi connectivity index (χ3v) is 7.26. The van der Waals surface area contributed by atoms with Crippen molar-refractivity contribution in [3.8, 4) is 11.3 Å². The summed E-state index contributed by atoms with van der Waals surface area (Å²) < 4.78 is 0. The Kier molecular flexibility index (Phi) is 9.09. The highest BCUT2D eigenvalue weighted by Gasteiger charge is 2.32. The highest BCUT2D eigenvalue weighted by Crippen LogP contribution is 2.50. The van der Waals surface area contributed by atoms with Gasteiger partial charge in [0.05, 0.1) is 16.4 Å². The number of anilines is 1. The van der Waals surface area contributed by atoms with Crippen LogP contribution in [0.2, 0.25) is 5.02 Å². The fraction of sp³-hybridized carbons (Fsp3) is 0.414. The summed E-state index contributed by atoms with van der Waals surface area (Å²) in [7, 11) is 1.95. The van der Waals surface area contributed by atoms with E-state index in [2.05, 4.69) is 61.9 Å². The van der Waals surface area contributed by atoms with Gasteiger partial charge >= 0.3 is 0 Å². The molecule has 1 aliphatic rings. The van der Waals surface area contributed by atoms with Crippen molar-refractivity contribution in [2.75, 3.05) is 32.4 Å². The van der Waals surface area contributed by atoms with Crippen LogP contribution in [0.25, 0.3) is 11.3 Å². The molecule has 3 N–H and O–H groups in total. The Labute approximate surface area is 221 Å². The number of rotatable bonds is 10. The van der Waals surface area contributed by atoms with Crippen molar-refractivity contribution in [3.63, 3.8) is 0 Å². The zero-order chi connectivity index (χ0) is 26.6. The average molecular weight is 507 g/mol. The Morgan fingerprint density at radius 2 is 2.14 bits per heavy atom. The zero-order valence-corrected chi connectivity index (χ0v) is 23.0. The maximum absolute atomic E-state index is 7.05. The van der Waals surface area contributed by atoms with Crippen molar-refractivity contribution in [2.45, 2.75) is 52.4 Å². The summed E-state index contributed by atoms with van der Waals surface area (Å²) in [5, 5.41) is 3.89. The second-order valence-electron chi connectivity index (χ2n) is 9.57. The fourth-order valence-corrected chi connectivity index (χ4v) is 5.32. The molecule has 1 aliphatic carbocycles. The summed E-state index contributed by atoms with van der Waals surface area (Å²) in [6.07, 6.45) is 3.34. The summed E-state index contributed by atoms with van der Waals surface area (Å²) in [5.41, 5.74) is 14.3. The molecule has 2 unspecified atom stereocenters. The number of nitrogens with two attached hydrogens (primary N) is 1. The van der Waals surface area contributed by atoms with Gasteiger partial charge in [-0.15, -0.1) is 0 Å². The second-order valence-corrected chi connectivity index (χ2v) is 9.97. The van der Waals surface area contributed by atoms with Crippen LogP contribution in [0, 0.1) is 6.92 Å². The van der Waals surface area contributed by atoms with Crippen molar-refractivity contribution < 1.29 is 0 Å². The van der Waals surface area contributed by atoms with Crippen LogP contribution < -0.4 is 11.1 Å². The van der Waals surface area contributed by atoms with Crippen LogP contribution in [0.15, 0.2) is 47.0 Å². The van der Waals surface area contributed by atoms with Crippen LogP contribution in [0.1, 0.15) is 61.3 Å². The van der Waals surface area contributed by atoms with Gasteiger partial charge in [0.2, 0.25) is 0 Å². The zero-order valence-electron chi connectivity index (χ0n) is 22.3. The first-order chi connectivity index (χ1) is 17.2. The number of allylic oxidation sites excluding steroid dienone is 1. The van der Waals surface area contributed by atoms with Gasteiger partial charge in [-0.05, 0) is 73.5 Å². The highest BCUT2D eigenvalue weighted by atomic mass is 35.5. The van der Waals surface area contributed by atoms with Crippen molar-refractivity contribution >= 4 is 35.7 Å². The highest BCUT2D eigenvalue weighted by molar-refractivity contribution is 6.34. The Hall–Kier alpha value is -2.96. The number of aryl methyl sites for hydroxylation is 1. The van der Waals surface area contributed by atoms with Crippen LogP contribution in [0.5, 0.6) is 0 Å². The number of likely N-dealkylation sites (N-methyl/N-ethyl adjacent to an activating group) is 1. The molecule has 192 valence electrons. The summed E-state index contributed by atoms with van der Waals surface area (Å²) in [6.45, 7) is 22.8. The lowest BCUT2D eigenvalue weighted by Crippen LogP contribution is -2.32. The van der Waals surface area contributed by atoms with Crippen LogP contribution in [-0.2, 0) is 6.42 Å². The van der Waals surface area contributed by atoms with Gasteiger partial charge in [-0.2, -0.15) is 0 Å². The molecular formula is C29H39ClN6. The Bertz CT molecular complexity index is 1200. The van der Waals surface area contributed by atoms with E-state index < -0.39 is 0 Å². The van der Waals surface area contributed by atoms with Gasteiger partial charge in [-0.3, -0.25) is 0 Å². The van der Waals surface area contributed by atoms with E-state index in [9.17, 15) is 0 Å². The minimum absolute atomic E-state index is 0.118. The first kappa shape index (κ1) is 27.6. The number of hydrogen-bond acceptors (Lipinski definition) is 5. The van der Waals surface area contributed by atoms with Crippen molar-refractivity contribution in [2.24, 2.45) is 9.98 Å². The first-order valence-corrected chi connectivity index (χ1v) is 12.9. The molecule has 1 aromatic carbocycles. The lowest BCUT2D eigenvalue weighted by molar-refractivity contribution is 0.337. The molecule has 0 saturated heterocycles. The van der Waals surface area contributed by atoms with E-state index >= 15 is 0 Å². The summed E-state index contributed by atoms with van der Waals surface area (Å²) in [4.78, 5) is 16.2. The molecule has 7 heteroatoms. The van der Waals surface area contributed by atoms with Crippen molar-refractivity contribution in [1.29, 1.82) is 0 Å². The standard InChI is InChI=1S/C29H39ClN6/c1-9-20(6)36(12-11-32-7)16-19(5)22-15-23(30)27-26(28(22)35-25(10-2)33-8)18(4)13-21-17(3)14-24(31)34-29(21)27/h9,14-15,18-19,32H,1,6,8,10-13,16H2,2-5,7H3,(H2,31,34)/b35-25-. The van der Waals surface area contributed by atoms with Crippen molar-refractivity contribution in [3.05, 3.63) is 64.3 Å². The molecule has 36 heavy (non-hydrogen) atoms. The number of nitrogens with zero attached hydrogens (tertiary/aromatic N) is 4. The number of aliphatic imine (C=N–C) groups is 2. The van der Waals surface area contributed by atoms with E-state index in [-0.39, 0.29) is 11.8 Å². The fourth-order valence-electron chi connectivity index (χ4n) is 5.01. The number of benzene rings is 1. The van der Waals surface area contributed by atoms with Gasteiger partial charge in [0, 0.05) is 43.2 Å². The lowest BCUT2D eigenvalue weighted by Gasteiger charge is -2.32. The number of fused-ring (bicyclic) bond motifs is 3. The minimum Gasteiger partial charge on any atom is -0.384 e. The smallest absolute Gasteiger partial charge is 0.127 e. The molecule has 0 bridgehead atoms. The number of nitrogen functional groups attached to an aromatic ring is 1. The molecular weight excluding hydrogens is 468 g/mol. The van der Waals surface area contributed by atoms with Gasteiger partial charge in [0.25, 0.3) is 0 Å². The molecule has 2 atom stereocenters. The second kappa shape index (κ2) is 11.8. The van der Waals surface area contributed by atoms with Gasteiger partial charge in [-0.25, -0.2) is 15.0 Å². The topological polar surface area (TPSA) is 78.9 Å². The third kappa shape index (κ3) is 5.55. The molecule has 6 nitrogen and oxygen atoms in total. The largest absolute Gasteiger partial charge is 0.384 e.